The van der Waals surface area contributed by atoms with Crippen molar-refractivity contribution in [1.82, 2.24) is 9.55 Å². The fraction of sp³-hybridized carbons (Fsp3) is 0.111. The maximum absolute atomic E-state index is 11.4. The molecule has 0 fully saturated rings. The van der Waals surface area contributed by atoms with Crippen LogP contribution in [0.5, 0.6) is 0 Å². The minimum absolute atomic E-state index is 0.373. The van der Waals surface area contributed by atoms with Gasteiger partial charge in [0, 0.05) is 5.69 Å². The zero-order valence-corrected chi connectivity index (χ0v) is 7.73. The van der Waals surface area contributed by atoms with Gasteiger partial charge in [0.05, 0.1) is 11.0 Å². The monoisotopic (exact) mass is 207 g/mol. The first-order valence-electron chi connectivity index (χ1n) is 4.28. The zero-order chi connectivity index (χ0) is 11.0. The van der Waals surface area contributed by atoms with Gasteiger partial charge in [-0.05, 0) is 18.2 Å². The summed E-state index contributed by atoms with van der Waals surface area (Å²) in [5.41, 5.74) is 6.68. The molecule has 0 spiro atoms. The topological polar surface area (TPSA) is 101 Å². The first kappa shape index (κ1) is 9.32. The quantitative estimate of drug-likeness (QED) is 0.603. The van der Waals surface area contributed by atoms with Crippen LogP contribution in [-0.2, 0) is 11.3 Å². The minimum Gasteiger partial charge on any atom is -0.480 e. The molecule has 1 aromatic heterocycles. The average molecular weight is 207 g/mol. The van der Waals surface area contributed by atoms with Crippen LogP contribution in [0.15, 0.2) is 23.0 Å². The van der Waals surface area contributed by atoms with Crippen molar-refractivity contribution in [3.05, 3.63) is 28.7 Å². The van der Waals surface area contributed by atoms with Gasteiger partial charge in [-0.15, -0.1) is 0 Å². The SMILES string of the molecule is Nc1ccc2[nH]c(=O)n(CC(=O)O)c2c1. The Bertz CT molecular complexity index is 582. The summed E-state index contributed by atoms with van der Waals surface area (Å²) in [6.07, 6.45) is 0. The third kappa shape index (κ3) is 1.56. The van der Waals surface area contributed by atoms with Crippen LogP contribution in [0.1, 0.15) is 0 Å². The molecule has 0 bridgehead atoms. The standard InChI is InChI=1S/C9H9N3O3/c10-5-1-2-6-7(3-5)12(4-8(13)14)9(15)11-6/h1-3H,4,10H2,(H,11,15)(H,13,14). The van der Waals surface area contributed by atoms with Gasteiger partial charge in [0.25, 0.3) is 0 Å². The van der Waals surface area contributed by atoms with Gasteiger partial charge in [-0.25, -0.2) is 4.79 Å². The van der Waals surface area contributed by atoms with E-state index >= 15 is 0 Å². The van der Waals surface area contributed by atoms with Crippen LogP contribution in [-0.4, -0.2) is 20.6 Å². The minimum atomic E-state index is -1.07. The number of carboxylic acid groups (broad SMARTS) is 1. The molecule has 4 N–H and O–H groups in total. The number of imidazole rings is 1. The van der Waals surface area contributed by atoms with Gasteiger partial charge < -0.3 is 15.8 Å². The lowest BCUT2D eigenvalue weighted by Crippen LogP contribution is -2.21. The highest BCUT2D eigenvalue weighted by Gasteiger charge is 2.09. The van der Waals surface area contributed by atoms with Crippen LogP contribution in [0.3, 0.4) is 0 Å². The van der Waals surface area contributed by atoms with Crippen molar-refractivity contribution in [2.45, 2.75) is 6.54 Å². The van der Waals surface area contributed by atoms with Crippen molar-refractivity contribution < 1.29 is 9.90 Å². The van der Waals surface area contributed by atoms with E-state index in [1.165, 1.54) is 0 Å². The predicted molar refractivity (Wildman–Crippen MR) is 54.6 cm³/mol. The molecule has 2 rings (SSSR count). The maximum atomic E-state index is 11.4. The Balaban J connectivity index is 2.70. The molecule has 6 heteroatoms. The molecule has 0 radical (unpaired) electrons. The summed E-state index contributed by atoms with van der Waals surface area (Å²) in [5.74, 6) is -1.07. The lowest BCUT2D eigenvalue weighted by atomic mass is 10.3. The number of hydrogen-bond acceptors (Lipinski definition) is 3. The molecule has 6 nitrogen and oxygen atoms in total. The smallest absolute Gasteiger partial charge is 0.327 e. The van der Waals surface area contributed by atoms with E-state index in [-0.39, 0.29) is 6.54 Å². The molecular weight excluding hydrogens is 198 g/mol. The molecule has 1 aromatic carbocycles. The number of nitrogens with two attached hydrogens (primary N) is 1. The van der Waals surface area contributed by atoms with E-state index in [4.69, 9.17) is 10.8 Å². The van der Waals surface area contributed by atoms with Crippen LogP contribution in [0, 0.1) is 0 Å². The van der Waals surface area contributed by atoms with Gasteiger partial charge in [-0.3, -0.25) is 9.36 Å². The molecule has 0 aliphatic rings. The Kier molecular flexibility index (Phi) is 1.96. The molecule has 0 aliphatic carbocycles. The van der Waals surface area contributed by atoms with Gasteiger partial charge in [0.2, 0.25) is 0 Å². The van der Waals surface area contributed by atoms with Crippen molar-refractivity contribution in [1.29, 1.82) is 0 Å². The number of anilines is 1. The van der Waals surface area contributed by atoms with Crippen molar-refractivity contribution in [3.63, 3.8) is 0 Å². The third-order valence-electron chi connectivity index (χ3n) is 2.09. The molecule has 0 aliphatic heterocycles. The van der Waals surface area contributed by atoms with E-state index < -0.39 is 11.7 Å². The number of aromatic amines is 1. The van der Waals surface area contributed by atoms with E-state index in [1.54, 1.807) is 18.2 Å². The highest BCUT2D eigenvalue weighted by atomic mass is 16.4. The third-order valence-corrected chi connectivity index (χ3v) is 2.09. The van der Waals surface area contributed by atoms with E-state index in [0.29, 0.717) is 16.7 Å². The van der Waals surface area contributed by atoms with Gasteiger partial charge in [-0.1, -0.05) is 0 Å². The molecular formula is C9H9N3O3. The summed E-state index contributed by atoms with van der Waals surface area (Å²) < 4.78 is 1.13. The van der Waals surface area contributed by atoms with Crippen LogP contribution >= 0.6 is 0 Å². The Hall–Kier alpha value is -2.24. The van der Waals surface area contributed by atoms with Crippen molar-refractivity contribution in [3.8, 4) is 0 Å². The van der Waals surface area contributed by atoms with Gasteiger partial charge in [0.15, 0.2) is 0 Å². The average Bonchev–Trinajstić information content (AvgIpc) is 2.43. The maximum Gasteiger partial charge on any atom is 0.327 e. The molecule has 78 valence electrons. The van der Waals surface area contributed by atoms with Crippen molar-refractivity contribution >= 4 is 22.7 Å². The molecule has 0 atom stereocenters. The molecule has 1 heterocycles. The largest absolute Gasteiger partial charge is 0.480 e. The lowest BCUT2D eigenvalue weighted by molar-refractivity contribution is -0.137. The number of benzene rings is 1. The molecule has 0 saturated carbocycles. The summed E-state index contributed by atoms with van der Waals surface area (Å²) in [5, 5.41) is 8.63. The van der Waals surface area contributed by atoms with E-state index in [9.17, 15) is 9.59 Å². The van der Waals surface area contributed by atoms with Gasteiger partial charge in [0.1, 0.15) is 6.54 Å². The molecule has 0 saturated heterocycles. The van der Waals surface area contributed by atoms with E-state index in [2.05, 4.69) is 4.98 Å². The predicted octanol–water partition coefficient (Wildman–Crippen LogP) is -0.00360. The number of H-pyrrole nitrogens is 1. The van der Waals surface area contributed by atoms with Gasteiger partial charge >= 0.3 is 11.7 Å². The Morgan fingerprint density at radius 2 is 2.27 bits per heavy atom. The number of fused-ring (bicyclic) bond motifs is 1. The van der Waals surface area contributed by atoms with Crippen molar-refractivity contribution in [2.75, 3.05) is 5.73 Å². The Morgan fingerprint density at radius 3 is 2.93 bits per heavy atom. The number of aliphatic carboxylic acids is 1. The molecule has 0 unspecified atom stereocenters. The second-order valence-corrected chi connectivity index (χ2v) is 3.19. The summed E-state index contributed by atoms with van der Waals surface area (Å²) in [7, 11) is 0. The fourth-order valence-electron chi connectivity index (χ4n) is 1.46. The van der Waals surface area contributed by atoms with Gasteiger partial charge in [-0.2, -0.15) is 0 Å². The molecule has 15 heavy (non-hydrogen) atoms. The number of carbonyl (C=O) groups is 1. The van der Waals surface area contributed by atoms with E-state index in [0.717, 1.165) is 4.57 Å². The first-order valence-corrected chi connectivity index (χ1v) is 4.28. The highest BCUT2D eigenvalue weighted by molar-refractivity contribution is 5.80. The zero-order valence-electron chi connectivity index (χ0n) is 7.73. The summed E-state index contributed by atoms with van der Waals surface area (Å²) >= 11 is 0. The first-order chi connectivity index (χ1) is 7.08. The molecule has 2 aromatic rings. The van der Waals surface area contributed by atoms with E-state index in [1.807, 2.05) is 0 Å². The second-order valence-electron chi connectivity index (χ2n) is 3.19. The normalized spacial score (nSPS) is 10.7. The number of aromatic nitrogens is 2. The molecule has 0 amide bonds. The fourth-order valence-corrected chi connectivity index (χ4v) is 1.46. The van der Waals surface area contributed by atoms with Crippen LogP contribution in [0.4, 0.5) is 5.69 Å². The number of rotatable bonds is 2. The summed E-state index contributed by atoms with van der Waals surface area (Å²) in [4.78, 5) is 24.5. The highest BCUT2D eigenvalue weighted by Crippen LogP contribution is 2.13. The summed E-state index contributed by atoms with van der Waals surface area (Å²) in [6.45, 7) is -0.373. The number of nitrogen functional groups attached to an aromatic ring is 1. The Labute approximate surface area is 83.9 Å². The lowest BCUT2D eigenvalue weighted by Gasteiger charge is -1.99. The van der Waals surface area contributed by atoms with Crippen LogP contribution < -0.4 is 11.4 Å². The second kappa shape index (κ2) is 3.16. The number of hydrogen-bond donors (Lipinski definition) is 3. The van der Waals surface area contributed by atoms with Crippen LogP contribution in [0.25, 0.3) is 11.0 Å². The van der Waals surface area contributed by atoms with Crippen molar-refractivity contribution in [2.24, 2.45) is 0 Å². The number of nitrogens with one attached hydrogen (secondary N) is 1. The number of nitrogens with zero attached hydrogens (tertiary/aromatic N) is 1. The Morgan fingerprint density at radius 1 is 1.53 bits per heavy atom. The summed E-state index contributed by atoms with van der Waals surface area (Å²) in [6, 6.07) is 4.85. The van der Waals surface area contributed by atoms with Crippen LogP contribution in [0.2, 0.25) is 0 Å². The number of carboxylic acids is 1.